The number of aryl methyl sites for hydroxylation is 1. The first-order valence-electron chi connectivity index (χ1n) is 5.56. The van der Waals surface area contributed by atoms with Crippen LogP contribution >= 0.6 is 0 Å². The molecule has 2 rings (SSSR count). The van der Waals surface area contributed by atoms with E-state index >= 15 is 0 Å². The maximum absolute atomic E-state index is 5.73. The second-order valence-corrected chi connectivity index (χ2v) is 4.36. The molecule has 0 aliphatic carbocycles. The Bertz CT molecular complexity index is 352. The van der Waals surface area contributed by atoms with E-state index < -0.39 is 0 Å². The van der Waals surface area contributed by atoms with Crippen LogP contribution in [-0.4, -0.2) is 35.3 Å². The number of nitrogens with zero attached hydrogens (tertiary/aromatic N) is 3. The zero-order valence-corrected chi connectivity index (χ0v) is 9.97. The number of rotatable bonds is 1. The van der Waals surface area contributed by atoms with Gasteiger partial charge >= 0.3 is 0 Å². The number of anilines is 2. The van der Waals surface area contributed by atoms with E-state index in [1.165, 1.54) is 0 Å². The van der Waals surface area contributed by atoms with Crippen LogP contribution in [0.15, 0.2) is 6.07 Å². The van der Waals surface area contributed by atoms with Crippen molar-refractivity contribution >= 4 is 11.6 Å². The Morgan fingerprint density at radius 3 is 2.50 bits per heavy atom. The summed E-state index contributed by atoms with van der Waals surface area (Å²) in [6.07, 6.45) is 0.445. The number of aromatic nitrogens is 2. The molecule has 1 aromatic heterocycles. The van der Waals surface area contributed by atoms with Gasteiger partial charge in [-0.2, -0.15) is 0 Å². The van der Waals surface area contributed by atoms with Crippen molar-refractivity contribution < 1.29 is 4.74 Å². The van der Waals surface area contributed by atoms with Gasteiger partial charge in [-0.25, -0.2) is 9.97 Å². The van der Waals surface area contributed by atoms with Crippen molar-refractivity contribution in [3.05, 3.63) is 11.9 Å². The molecule has 0 bridgehead atoms. The first-order chi connectivity index (χ1) is 7.54. The Morgan fingerprint density at radius 2 is 1.94 bits per heavy atom. The predicted molar refractivity (Wildman–Crippen MR) is 63.4 cm³/mol. The summed E-state index contributed by atoms with van der Waals surface area (Å²) in [6, 6.07) is 1.82. The molecular formula is C11H18N4O. The summed E-state index contributed by atoms with van der Waals surface area (Å²) in [6.45, 7) is 7.69. The average molecular weight is 222 g/mol. The molecule has 1 aliphatic rings. The molecule has 0 radical (unpaired) electrons. The van der Waals surface area contributed by atoms with Crippen LogP contribution in [0.1, 0.15) is 19.7 Å². The predicted octanol–water partition coefficient (Wildman–Crippen LogP) is 0.981. The molecule has 0 unspecified atom stereocenters. The zero-order valence-electron chi connectivity index (χ0n) is 9.97. The Labute approximate surface area is 95.6 Å². The number of hydrogen-bond acceptors (Lipinski definition) is 5. The lowest BCUT2D eigenvalue weighted by Crippen LogP contribution is -2.46. The summed E-state index contributed by atoms with van der Waals surface area (Å²) in [5.41, 5.74) is 5.73. The second-order valence-electron chi connectivity index (χ2n) is 4.36. The summed E-state index contributed by atoms with van der Waals surface area (Å²) in [7, 11) is 0. The summed E-state index contributed by atoms with van der Waals surface area (Å²) in [5, 5.41) is 0. The third kappa shape index (κ3) is 2.41. The largest absolute Gasteiger partial charge is 0.384 e. The van der Waals surface area contributed by atoms with Gasteiger partial charge in [0.25, 0.3) is 0 Å². The van der Waals surface area contributed by atoms with Gasteiger partial charge in [-0.05, 0) is 20.8 Å². The zero-order chi connectivity index (χ0) is 11.7. The normalized spacial score (nSPS) is 25.8. The maximum Gasteiger partial charge on any atom is 0.134 e. The van der Waals surface area contributed by atoms with Crippen LogP contribution in [0.5, 0.6) is 0 Å². The van der Waals surface area contributed by atoms with E-state index in [0.29, 0.717) is 11.6 Å². The van der Waals surface area contributed by atoms with E-state index in [0.717, 1.165) is 18.9 Å². The minimum atomic E-state index is 0.222. The smallest absolute Gasteiger partial charge is 0.134 e. The van der Waals surface area contributed by atoms with Crippen LogP contribution in [0.25, 0.3) is 0 Å². The van der Waals surface area contributed by atoms with Crippen molar-refractivity contribution in [2.45, 2.75) is 33.0 Å². The summed E-state index contributed by atoms with van der Waals surface area (Å²) < 4.78 is 5.68. The molecule has 2 N–H and O–H groups in total. The van der Waals surface area contributed by atoms with Crippen molar-refractivity contribution in [3.63, 3.8) is 0 Å². The number of hydrogen-bond donors (Lipinski definition) is 1. The molecule has 0 aromatic carbocycles. The number of nitrogens with two attached hydrogens (primary N) is 1. The fourth-order valence-corrected chi connectivity index (χ4v) is 2.10. The highest BCUT2D eigenvalue weighted by molar-refractivity contribution is 5.47. The average Bonchev–Trinajstić information content (AvgIpc) is 2.14. The molecule has 0 spiro atoms. The van der Waals surface area contributed by atoms with Crippen LogP contribution in [-0.2, 0) is 4.74 Å². The molecule has 0 saturated carbocycles. The molecule has 2 heterocycles. The van der Waals surface area contributed by atoms with Crippen LogP contribution in [0.4, 0.5) is 11.6 Å². The number of morpholine rings is 1. The Kier molecular flexibility index (Phi) is 2.96. The van der Waals surface area contributed by atoms with Gasteiger partial charge in [0.2, 0.25) is 0 Å². The Hall–Kier alpha value is -1.36. The van der Waals surface area contributed by atoms with Gasteiger partial charge in [-0.3, -0.25) is 0 Å². The van der Waals surface area contributed by atoms with E-state index in [2.05, 4.69) is 28.7 Å². The van der Waals surface area contributed by atoms with Crippen LogP contribution in [0.2, 0.25) is 0 Å². The highest BCUT2D eigenvalue weighted by Crippen LogP contribution is 2.19. The Balaban J connectivity index is 2.22. The van der Waals surface area contributed by atoms with Gasteiger partial charge < -0.3 is 15.4 Å². The van der Waals surface area contributed by atoms with E-state index in [1.807, 2.05) is 13.0 Å². The van der Waals surface area contributed by atoms with Gasteiger partial charge in [-0.15, -0.1) is 0 Å². The van der Waals surface area contributed by atoms with Gasteiger partial charge in [0.1, 0.15) is 17.5 Å². The van der Waals surface area contributed by atoms with E-state index in [9.17, 15) is 0 Å². The molecule has 1 aliphatic heterocycles. The molecule has 16 heavy (non-hydrogen) atoms. The first-order valence-corrected chi connectivity index (χ1v) is 5.56. The molecule has 0 amide bonds. The third-order valence-corrected chi connectivity index (χ3v) is 2.59. The molecule has 5 heteroatoms. The molecule has 1 aromatic rings. The third-order valence-electron chi connectivity index (χ3n) is 2.59. The minimum Gasteiger partial charge on any atom is -0.384 e. The molecule has 88 valence electrons. The SMILES string of the molecule is Cc1nc(N)cc(N2C[C@@H](C)O[C@@H](C)C2)n1. The van der Waals surface area contributed by atoms with Crippen molar-refractivity contribution in [2.75, 3.05) is 23.7 Å². The van der Waals surface area contributed by atoms with Gasteiger partial charge in [0, 0.05) is 19.2 Å². The van der Waals surface area contributed by atoms with E-state index in [4.69, 9.17) is 10.5 Å². The molecule has 5 nitrogen and oxygen atoms in total. The molecule has 2 atom stereocenters. The van der Waals surface area contributed by atoms with Crippen LogP contribution < -0.4 is 10.6 Å². The van der Waals surface area contributed by atoms with Gasteiger partial charge in [-0.1, -0.05) is 0 Å². The van der Waals surface area contributed by atoms with E-state index in [-0.39, 0.29) is 12.2 Å². The topological polar surface area (TPSA) is 64.3 Å². The second kappa shape index (κ2) is 4.25. The highest BCUT2D eigenvalue weighted by Gasteiger charge is 2.23. The fraction of sp³-hybridized carbons (Fsp3) is 0.636. The summed E-state index contributed by atoms with van der Waals surface area (Å²) in [5.74, 6) is 2.13. The molecular weight excluding hydrogens is 204 g/mol. The van der Waals surface area contributed by atoms with E-state index in [1.54, 1.807) is 0 Å². The van der Waals surface area contributed by atoms with Gasteiger partial charge in [0.15, 0.2) is 0 Å². The Morgan fingerprint density at radius 1 is 1.31 bits per heavy atom. The summed E-state index contributed by atoms with van der Waals surface area (Å²) >= 11 is 0. The van der Waals surface area contributed by atoms with Crippen LogP contribution in [0.3, 0.4) is 0 Å². The minimum absolute atomic E-state index is 0.222. The monoisotopic (exact) mass is 222 g/mol. The maximum atomic E-state index is 5.73. The van der Waals surface area contributed by atoms with Crippen molar-refractivity contribution in [1.82, 2.24) is 9.97 Å². The lowest BCUT2D eigenvalue weighted by Gasteiger charge is -2.36. The van der Waals surface area contributed by atoms with Crippen molar-refractivity contribution in [1.29, 1.82) is 0 Å². The molecule has 1 saturated heterocycles. The number of nitrogen functional groups attached to an aromatic ring is 1. The standard InChI is InChI=1S/C11H18N4O/c1-7-5-15(6-8(2)16-7)11-4-10(12)13-9(3)14-11/h4,7-8H,5-6H2,1-3H3,(H2,12,13,14)/t7-,8+. The lowest BCUT2D eigenvalue weighted by molar-refractivity contribution is -0.00547. The van der Waals surface area contributed by atoms with Crippen molar-refractivity contribution in [3.8, 4) is 0 Å². The molecule has 1 fully saturated rings. The van der Waals surface area contributed by atoms with Crippen molar-refractivity contribution in [2.24, 2.45) is 0 Å². The number of ether oxygens (including phenoxy) is 1. The van der Waals surface area contributed by atoms with Crippen LogP contribution in [0, 0.1) is 6.92 Å². The summed E-state index contributed by atoms with van der Waals surface area (Å²) in [4.78, 5) is 10.7. The highest BCUT2D eigenvalue weighted by atomic mass is 16.5. The first kappa shape index (κ1) is 11.1. The van der Waals surface area contributed by atoms with Gasteiger partial charge in [0.05, 0.1) is 12.2 Å². The quantitative estimate of drug-likeness (QED) is 0.767. The fourth-order valence-electron chi connectivity index (χ4n) is 2.10. The lowest BCUT2D eigenvalue weighted by atomic mass is 10.2.